The third-order valence-electron chi connectivity index (χ3n) is 2.58. The van der Waals surface area contributed by atoms with Crippen molar-refractivity contribution in [2.24, 2.45) is 0 Å². The van der Waals surface area contributed by atoms with E-state index in [-0.39, 0.29) is 0 Å². The Balaban J connectivity index is 2.02. The van der Waals surface area contributed by atoms with Gasteiger partial charge in [0.15, 0.2) is 17.4 Å². The number of alkyl halides is 2. The number of ether oxygens (including phenoxy) is 1. The van der Waals surface area contributed by atoms with Crippen LogP contribution in [0.3, 0.4) is 0 Å². The van der Waals surface area contributed by atoms with Crippen molar-refractivity contribution in [3.8, 4) is 5.75 Å². The fourth-order valence-corrected chi connectivity index (χ4v) is 1.55. The predicted octanol–water partition coefficient (Wildman–Crippen LogP) is 2.86. The highest BCUT2D eigenvalue weighted by atomic mass is 19.3. The first-order chi connectivity index (χ1) is 8.56. The van der Waals surface area contributed by atoms with Gasteiger partial charge in [-0.2, -0.15) is 0 Å². The monoisotopic (exact) mass is 263 g/mol. The van der Waals surface area contributed by atoms with Crippen LogP contribution in [0.2, 0.25) is 0 Å². The molecule has 1 aliphatic carbocycles. The van der Waals surface area contributed by atoms with Crippen molar-refractivity contribution in [2.75, 3.05) is 6.61 Å². The van der Waals surface area contributed by atoms with E-state index in [2.05, 4.69) is 10.1 Å². The summed E-state index contributed by atoms with van der Waals surface area (Å²) >= 11 is 0. The maximum atomic E-state index is 13.5. The zero-order chi connectivity index (χ0) is 13.1. The molecule has 0 aliphatic heterocycles. The number of hydrogen-bond donors (Lipinski definition) is 1. The molecule has 0 unspecified atom stereocenters. The second kappa shape index (κ2) is 5.56. The zero-order valence-electron chi connectivity index (χ0n) is 9.56. The second-order valence-electron chi connectivity index (χ2n) is 4.25. The number of hydrogen-bond acceptors (Lipinski definition) is 2. The molecule has 1 aliphatic rings. The summed E-state index contributed by atoms with van der Waals surface area (Å²) in [5.41, 5.74) is 0.432. The van der Waals surface area contributed by atoms with Crippen LogP contribution in [0.5, 0.6) is 5.75 Å². The Morgan fingerprint density at radius 2 is 1.83 bits per heavy atom. The summed E-state index contributed by atoms with van der Waals surface area (Å²) in [7, 11) is 0. The minimum atomic E-state index is -2.76. The molecule has 1 aromatic rings. The molecule has 0 saturated heterocycles. The molecule has 1 fully saturated rings. The first kappa shape index (κ1) is 13.1. The highest BCUT2D eigenvalue weighted by Crippen LogP contribution is 2.25. The van der Waals surface area contributed by atoms with Gasteiger partial charge in [-0.25, -0.2) is 17.6 Å². The molecule has 2 nitrogen and oxygen atoms in total. The van der Waals surface area contributed by atoms with Gasteiger partial charge in [0.05, 0.1) is 0 Å². The minimum absolute atomic E-state index is 0.355. The molecule has 0 spiro atoms. The molecule has 0 amide bonds. The standard InChI is InChI=1S/C12H13F4NO/c13-9-3-7(5-17-8-1-2-8)4-10(14)12(9)18-6-11(15)16/h3-4,8,11,17H,1-2,5-6H2. The Morgan fingerprint density at radius 3 is 2.33 bits per heavy atom. The first-order valence-electron chi connectivity index (χ1n) is 5.68. The van der Waals surface area contributed by atoms with Crippen molar-refractivity contribution in [1.29, 1.82) is 0 Å². The van der Waals surface area contributed by atoms with E-state index in [9.17, 15) is 17.6 Å². The van der Waals surface area contributed by atoms with Gasteiger partial charge < -0.3 is 10.1 Å². The first-order valence-corrected chi connectivity index (χ1v) is 5.68. The molecule has 1 saturated carbocycles. The van der Waals surface area contributed by atoms with Gasteiger partial charge in [-0.15, -0.1) is 0 Å². The maximum Gasteiger partial charge on any atom is 0.272 e. The van der Waals surface area contributed by atoms with E-state index in [1.807, 2.05) is 0 Å². The molecule has 1 aromatic carbocycles. The number of halogens is 4. The van der Waals surface area contributed by atoms with Crippen LogP contribution in [-0.4, -0.2) is 19.1 Å². The Morgan fingerprint density at radius 1 is 1.22 bits per heavy atom. The fraction of sp³-hybridized carbons (Fsp3) is 0.500. The van der Waals surface area contributed by atoms with Crippen molar-refractivity contribution >= 4 is 0 Å². The highest BCUT2D eigenvalue weighted by molar-refractivity contribution is 5.31. The van der Waals surface area contributed by atoms with Gasteiger partial charge in [-0.1, -0.05) is 0 Å². The van der Waals surface area contributed by atoms with Gasteiger partial charge in [0.2, 0.25) is 0 Å². The van der Waals surface area contributed by atoms with Crippen LogP contribution in [0.4, 0.5) is 17.6 Å². The Kier molecular flexibility index (Phi) is 4.06. The van der Waals surface area contributed by atoms with E-state index < -0.39 is 30.4 Å². The molecule has 0 bridgehead atoms. The molecule has 18 heavy (non-hydrogen) atoms. The van der Waals surface area contributed by atoms with E-state index in [1.165, 1.54) is 0 Å². The van der Waals surface area contributed by atoms with E-state index in [1.54, 1.807) is 0 Å². The van der Waals surface area contributed by atoms with Crippen molar-refractivity contribution < 1.29 is 22.3 Å². The lowest BCUT2D eigenvalue weighted by atomic mass is 10.2. The molecular formula is C12H13F4NO. The van der Waals surface area contributed by atoms with Gasteiger partial charge in [-0.3, -0.25) is 0 Å². The molecule has 0 atom stereocenters. The van der Waals surface area contributed by atoms with Crippen molar-refractivity contribution in [2.45, 2.75) is 31.9 Å². The maximum absolute atomic E-state index is 13.5. The second-order valence-corrected chi connectivity index (χ2v) is 4.25. The van der Waals surface area contributed by atoms with E-state index >= 15 is 0 Å². The summed E-state index contributed by atoms with van der Waals surface area (Å²) in [6.45, 7) is -0.666. The van der Waals surface area contributed by atoms with Gasteiger partial charge in [0, 0.05) is 12.6 Å². The number of nitrogens with one attached hydrogen (secondary N) is 1. The molecule has 0 aromatic heterocycles. The van der Waals surface area contributed by atoms with E-state index in [0.29, 0.717) is 18.2 Å². The SMILES string of the molecule is Fc1cc(CNC2CC2)cc(F)c1OCC(F)F. The van der Waals surface area contributed by atoms with E-state index in [0.717, 1.165) is 25.0 Å². The van der Waals surface area contributed by atoms with Crippen LogP contribution in [0.25, 0.3) is 0 Å². The average molecular weight is 263 g/mol. The molecule has 6 heteroatoms. The molecule has 2 rings (SSSR count). The minimum Gasteiger partial charge on any atom is -0.482 e. The summed E-state index contributed by atoms with van der Waals surface area (Å²) < 4.78 is 55.1. The summed E-state index contributed by atoms with van der Waals surface area (Å²) in [4.78, 5) is 0. The Bertz CT molecular complexity index is 398. The van der Waals surface area contributed by atoms with Crippen LogP contribution in [0.15, 0.2) is 12.1 Å². The molecule has 0 heterocycles. The summed E-state index contributed by atoms with van der Waals surface area (Å²) in [6, 6.07) is 2.62. The van der Waals surface area contributed by atoms with Crippen molar-refractivity contribution in [1.82, 2.24) is 5.32 Å². The topological polar surface area (TPSA) is 21.3 Å². The Hall–Kier alpha value is -1.30. The molecule has 100 valence electrons. The van der Waals surface area contributed by atoms with Gasteiger partial charge in [0.1, 0.15) is 6.61 Å². The van der Waals surface area contributed by atoms with Crippen LogP contribution >= 0.6 is 0 Å². The third kappa shape index (κ3) is 3.60. The van der Waals surface area contributed by atoms with Crippen molar-refractivity contribution in [3.05, 3.63) is 29.3 Å². The fourth-order valence-electron chi connectivity index (χ4n) is 1.55. The lowest BCUT2D eigenvalue weighted by molar-refractivity contribution is 0.0777. The lowest BCUT2D eigenvalue weighted by Crippen LogP contribution is -2.16. The molecule has 1 N–H and O–H groups in total. The average Bonchev–Trinajstić information content (AvgIpc) is 3.08. The number of rotatable bonds is 6. The predicted molar refractivity (Wildman–Crippen MR) is 57.7 cm³/mol. The smallest absolute Gasteiger partial charge is 0.272 e. The zero-order valence-corrected chi connectivity index (χ0v) is 9.56. The molecule has 0 radical (unpaired) electrons. The quantitative estimate of drug-likeness (QED) is 0.797. The Labute approximate surface area is 102 Å². The van der Waals surface area contributed by atoms with Gasteiger partial charge >= 0.3 is 0 Å². The summed E-state index contributed by atoms with van der Waals surface area (Å²) in [6.07, 6.45) is -0.624. The summed E-state index contributed by atoms with van der Waals surface area (Å²) in [5, 5.41) is 3.10. The molecular weight excluding hydrogens is 250 g/mol. The van der Waals surface area contributed by atoms with Crippen LogP contribution in [0, 0.1) is 11.6 Å². The third-order valence-corrected chi connectivity index (χ3v) is 2.58. The van der Waals surface area contributed by atoms with Crippen molar-refractivity contribution in [3.63, 3.8) is 0 Å². The van der Waals surface area contributed by atoms with Gasteiger partial charge in [0.25, 0.3) is 6.43 Å². The largest absolute Gasteiger partial charge is 0.482 e. The van der Waals surface area contributed by atoms with Crippen LogP contribution in [-0.2, 0) is 6.54 Å². The number of benzene rings is 1. The lowest BCUT2D eigenvalue weighted by Gasteiger charge is -2.10. The van der Waals surface area contributed by atoms with E-state index in [4.69, 9.17) is 0 Å². The van der Waals surface area contributed by atoms with Crippen LogP contribution in [0.1, 0.15) is 18.4 Å². The summed E-state index contributed by atoms with van der Waals surface area (Å²) in [5.74, 6) is -2.66. The van der Waals surface area contributed by atoms with Gasteiger partial charge in [-0.05, 0) is 30.5 Å². The highest BCUT2D eigenvalue weighted by Gasteiger charge is 2.21. The van der Waals surface area contributed by atoms with Crippen LogP contribution < -0.4 is 10.1 Å². The normalized spacial score (nSPS) is 15.2.